The predicted octanol–water partition coefficient (Wildman–Crippen LogP) is 2.23. The van der Waals surface area contributed by atoms with E-state index >= 15 is 0 Å². The number of carbonyl (C=O) groups is 1. The third kappa shape index (κ3) is 4.24. The second-order valence-electron chi connectivity index (χ2n) is 5.66. The van der Waals surface area contributed by atoms with E-state index in [1.165, 1.54) is 0 Å². The normalized spacial score (nSPS) is 10.8. The fourth-order valence-electron chi connectivity index (χ4n) is 2.58. The molecule has 3 rings (SSSR count). The van der Waals surface area contributed by atoms with Gasteiger partial charge in [0, 0.05) is 17.4 Å². The molecule has 1 aromatic heterocycles. The van der Waals surface area contributed by atoms with Gasteiger partial charge in [-0.2, -0.15) is 0 Å². The van der Waals surface area contributed by atoms with E-state index in [0.29, 0.717) is 29.4 Å². The highest BCUT2D eigenvalue weighted by molar-refractivity contribution is 9.10. The number of hydrogen-bond donors (Lipinski definition) is 3. The van der Waals surface area contributed by atoms with Gasteiger partial charge in [0.05, 0.1) is 11.0 Å². The van der Waals surface area contributed by atoms with Gasteiger partial charge in [0.15, 0.2) is 0 Å². The van der Waals surface area contributed by atoms with Gasteiger partial charge in [0.25, 0.3) is 0 Å². The number of halogens is 1. The lowest BCUT2D eigenvalue weighted by atomic mass is 10.1. The van der Waals surface area contributed by atoms with Crippen LogP contribution in [-0.2, 0) is 17.8 Å². The summed E-state index contributed by atoms with van der Waals surface area (Å²) in [7, 11) is 0. The highest BCUT2D eigenvalue weighted by atomic mass is 79.9. The van der Waals surface area contributed by atoms with Crippen LogP contribution in [0.15, 0.2) is 56.5 Å². The Morgan fingerprint density at radius 2 is 1.76 bits per heavy atom. The van der Waals surface area contributed by atoms with Gasteiger partial charge in [-0.05, 0) is 29.7 Å². The quantitative estimate of drug-likeness (QED) is 0.572. The SMILES string of the molecule is O=C(CCc1ccccc1)NCc1cc(Br)cc2[nH]c(=O)c(=O)[nH]c12. The van der Waals surface area contributed by atoms with E-state index in [9.17, 15) is 14.4 Å². The van der Waals surface area contributed by atoms with Gasteiger partial charge < -0.3 is 15.3 Å². The molecule has 1 heterocycles. The van der Waals surface area contributed by atoms with Crippen LogP contribution in [0, 0.1) is 0 Å². The predicted molar refractivity (Wildman–Crippen MR) is 99.5 cm³/mol. The van der Waals surface area contributed by atoms with E-state index in [1.54, 1.807) is 12.1 Å². The molecule has 0 radical (unpaired) electrons. The summed E-state index contributed by atoms with van der Waals surface area (Å²) >= 11 is 3.37. The minimum absolute atomic E-state index is 0.0799. The molecule has 0 saturated heterocycles. The first-order chi connectivity index (χ1) is 12.0. The average molecular weight is 402 g/mol. The zero-order valence-corrected chi connectivity index (χ0v) is 14.9. The van der Waals surface area contributed by atoms with Crippen molar-refractivity contribution in [2.75, 3.05) is 0 Å². The summed E-state index contributed by atoms with van der Waals surface area (Å²) in [5.41, 5.74) is 1.41. The van der Waals surface area contributed by atoms with Gasteiger partial charge in [-0.25, -0.2) is 0 Å². The van der Waals surface area contributed by atoms with E-state index < -0.39 is 11.1 Å². The number of fused-ring (bicyclic) bond motifs is 1. The number of aryl methyl sites for hydroxylation is 1. The Balaban J connectivity index is 1.72. The second kappa shape index (κ2) is 7.48. The van der Waals surface area contributed by atoms with Crippen molar-refractivity contribution >= 4 is 32.9 Å². The van der Waals surface area contributed by atoms with Crippen LogP contribution in [0.5, 0.6) is 0 Å². The topological polar surface area (TPSA) is 94.8 Å². The van der Waals surface area contributed by atoms with Gasteiger partial charge >= 0.3 is 11.1 Å². The average Bonchev–Trinajstić information content (AvgIpc) is 2.60. The summed E-state index contributed by atoms with van der Waals surface area (Å²) < 4.78 is 0.747. The van der Waals surface area contributed by atoms with Gasteiger partial charge in [0.2, 0.25) is 5.91 Å². The van der Waals surface area contributed by atoms with Gasteiger partial charge in [-0.15, -0.1) is 0 Å². The maximum atomic E-state index is 12.1. The molecule has 0 aliphatic heterocycles. The van der Waals surface area contributed by atoms with Crippen molar-refractivity contribution in [2.24, 2.45) is 0 Å². The van der Waals surface area contributed by atoms with Crippen molar-refractivity contribution in [2.45, 2.75) is 19.4 Å². The molecule has 3 N–H and O–H groups in total. The van der Waals surface area contributed by atoms with E-state index in [2.05, 4.69) is 31.2 Å². The molecule has 3 aromatic rings. The first-order valence-corrected chi connectivity index (χ1v) is 8.57. The lowest BCUT2D eigenvalue weighted by molar-refractivity contribution is -0.121. The molecule has 0 atom stereocenters. The molecule has 0 bridgehead atoms. The number of hydrogen-bond acceptors (Lipinski definition) is 3. The Morgan fingerprint density at radius 3 is 2.52 bits per heavy atom. The Hall–Kier alpha value is -2.67. The zero-order chi connectivity index (χ0) is 17.8. The van der Waals surface area contributed by atoms with Gasteiger partial charge in [0.1, 0.15) is 0 Å². The fraction of sp³-hybridized carbons (Fsp3) is 0.167. The Labute approximate surface area is 151 Å². The maximum absolute atomic E-state index is 12.1. The summed E-state index contributed by atoms with van der Waals surface area (Å²) in [4.78, 5) is 40.2. The molecule has 6 nitrogen and oxygen atoms in total. The Bertz CT molecular complexity index is 1030. The van der Waals surface area contributed by atoms with Crippen molar-refractivity contribution < 1.29 is 4.79 Å². The highest BCUT2D eigenvalue weighted by Gasteiger charge is 2.09. The van der Waals surface area contributed by atoms with Crippen molar-refractivity contribution in [3.8, 4) is 0 Å². The van der Waals surface area contributed by atoms with Gasteiger partial charge in [-0.3, -0.25) is 14.4 Å². The molecule has 0 aliphatic rings. The van der Waals surface area contributed by atoms with Crippen molar-refractivity contribution in [3.63, 3.8) is 0 Å². The third-order valence-corrected chi connectivity index (χ3v) is 4.30. The van der Waals surface area contributed by atoms with Gasteiger partial charge in [-0.1, -0.05) is 46.3 Å². The molecular formula is C18H16BrN3O3. The van der Waals surface area contributed by atoms with E-state index in [0.717, 1.165) is 10.0 Å². The summed E-state index contributed by atoms with van der Waals surface area (Å²) in [5.74, 6) is -0.0799. The maximum Gasteiger partial charge on any atom is 0.314 e. The van der Waals surface area contributed by atoms with Crippen LogP contribution in [0.25, 0.3) is 11.0 Å². The molecule has 128 valence electrons. The number of nitrogens with one attached hydrogen (secondary N) is 3. The first kappa shape index (κ1) is 17.2. The summed E-state index contributed by atoms with van der Waals surface area (Å²) in [6.45, 7) is 0.256. The molecule has 2 aromatic carbocycles. The minimum Gasteiger partial charge on any atom is -0.352 e. The molecule has 0 aliphatic carbocycles. The lowest BCUT2D eigenvalue weighted by Gasteiger charge is -2.09. The van der Waals surface area contributed by atoms with E-state index in [4.69, 9.17) is 0 Å². The van der Waals surface area contributed by atoms with Crippen LogP contribution in [0.3, 0.4) is 0 Å². The fourth-order valence-corrected chi connectivity index (χ4v) is 3.09. The third-order valence-electron chi connectivity index (χ3n) is 3.84. The first-order valence-electron chi connectivity index (χ1n) is 7.78. The Kier molecular flexibility index (Phi) is 5.14. The van der Waals surface area contributed by atoms with Crippen LogP contribution in [-0.4, -0.2) is 15.9 Å². The van der Waals surface area contributed by atoms with E-state index in [1.807, 2.05) is 30.3 Å². The lowest BCUT2D eigenvalue weighted by Crippen LogP contribution is -2.30. The zero-order valence-electron chi connectivity index (χ0n) is 13.3. The molecule has 25 heavy (non-hydrogen) atoms. The Morgan fingerprint density at radius 1 is 1.04 bits per heavy atom. The van der Waals surface area contributed by atoms with Crippen molar-refractivity contribution in [3.05, 3.63) is 78.8 Å². The van der Waals surface area contributed by atoms with Crippen LogP contribution in [0.4, 0.5) is 0 Å². The molecule has 0 saturated carbocycles. The summed E-state index contributed by atoms with van der Waals surface area (Å²) in [5, 5.41) is 2.85. The number of aromatic amines is 2. The van der Waals surface area contributed by atoms with Crippen LogP contribution >= 0.6 is 15.9 Å². The standard InChI is InChI=1S/C18H16BrN3O3/c19-13-8-12(16-14(9-13)21-17(24)18(25)22-16)10-20-15(23)7-6-11-4-2-1-3-5-11/h1-5,8-9H,6-7,10H2,(H,20,23)(H,21,24)(H,22,25). The molecular weight excluding hydrogens is 386 g/mol. The number of aromatic nitrogens is 2. The summed E-state index contributed by atoms with van der Waals surface area (Å²) in [6, 6.07) is 13.3. The number of H-pyrrole nitrogens is 2. The number of carbonyl (C=O) groups excluding carboxylic acids is 1. The van der Waals surface area contributed by atoms with Crippen LogP contribution < -0.4 is 16.4 Å². The summed E-state index contributed by atoms with van der Waals surface area (Å²) in [6.07, 6.45) is 1.04. The number of rotatable bonds is 5. The molecule has 7 heteroatoms. The smallest absolute Gasteiger partial charge is 0.314 e. The minimum atomic E-state index is -0.716. The molecule has 0 fully saturated rings. The van der Waals surface area contributed by atoms with Crippen LogP contribution in [0.1, 0.15) is 17.5 Å². The second-order valence-corrected chi connectivity index (χ2v) is 6.57. The highest BCUT2D eigenvalue weighted by Crippen LogP contribution is 2.20. The molecule has 1 amide bonds. The largest absolute Gasteiger partial charge is 0.352 e. The van der Waals surface area contributed by atoms with E-state index in [-0.39, 0.29) is 12.5 Å². The number of amides is 1. The monoisotopic (exact) mass is 401 g/mol. The van der Waals surface area contributed by atoms with Crippen molar-refractivity contribution in [1.29, 1.82) is 0 Å². The molecule has 0 unspecified atom stereocenters. The van der Waals surface area contributed by atoms with Crippen molar-refractivity contribution in [1.82, 2.24) is 15.3 Å². The molecule has 0 spiro atoms. The van der Waals surface area contributed by atoms with Crippen LogP contribution in [0.2, 0.25) is 0 Å². The number of benzene rings is 2.